The lowest BCUT2D eigenvalue weighted by atomic mass is 9.77. The van der Waals surface area contributed by atoms with E-state index in [9.17, 15) is 4.79 Å². The molecule has 2 aliphatic heterocycles. The minimum Gasteiger partial charge on any atom is -0.481 e. The first-order valence-electron chi connectivity index (χ1n) is 7.34. The molecule has 1 amide bonds. The number of carbonyl (C=O) groups is 1. The number of rotatable bonds is 2. The molecule has 2 saturated heterocycles. The largest absolute Gasteiger partial charge is 0.481 e. The van der Waals surface area contributed by atoms with E-state index in [4.69, 9.17) is 16.3 Å². The highest BCUT2D eigenvalue weighted by Gasteiger charge is 2.51. The Labute approximate surface area is 128 Å². The van der Waals surface area contributed by atoms with Crippen molar-refractivity contribution in [3.8, 4) is 5.88 Å². The molecule has 1 N–H and O–H groups in total. The van der Waals surface area contributed by atoms with Crippen molar-refractivity contribution in [3.63, 3.8) is 0 Å². The molecule has 112 valence electrons. The van der Waals surface area contributed by atoms with E-state index in [0.29, 0.717) is 23.5 Å². The molecule has 3 aliphatic rings. The van der Waals surface area contributed by atoms with Crippen molar-refractivity contribution < 1.29 is 9.53 Å². The predicted octanol–water partition coefficient (Wildman–Crippen LogP) is 1.55. The van der Waals surface area contributed by atoms with Gasteiger partial charge in [-0.1, -0.05) is 11.6 Å². The number of aryl methyl sites for hydroxylation is 1. The molecular weight excluding hydrogens is 290 g/mol. The van der Waals surface area contributed by atoms with E-state index in [0.717, 1.165) is 32.5 Å². The summed E-state index contributed by atoms with van der Waals surface area (Å²) in [6.45, 7) is 2.77. The molecule has 0 radical (unpaired) electrons. The van der Waals surface area contributed by atoms with Crippen LogP contribution in [0.2, 0.25) is 5.15 Å². The van der Waals surface area contributed by atoms with Crippen LogP contribution >= 0.6 is 11.6 Å². The van der Waals surface area contributed by atoms with E-state index in [2.05, 4.69) is 15.2 Å². The third-order valence-corrected chi connectivity index (χ3v) is 5.20. The van der Waals surface area contributed by atoms with Crippen molar-refractivity contribution in [2.24, 2.45) is 5.41 Å². The molecule has 3 heterocycles. The quantitative estimate of drug-likeness (QED) is 0.842. The number of fused-ring (bicyclic) bond motifs is 1. The molecule has 0 saturated carbocycles. The van der Waals surface area contributed by atoms with Gasteiger partial charge in [-0.3, -0.25) is 9.69 Å². The van der Waals surface area contributed by atoms with E-state index in [1.165, 1.54) is 11.1 Å². The van der Waals surface area contributed by atoms with Crippen LogP contribution in [-0.4, -0.2) is 42.5 Å². The second-order valence-electron chi connectivity index (χ2n) is 6.44. The summed E-state index contributed by atoms with van der Waals surface area (Å²) in [5, 5.41) is 3.45. The fraction of sp³-hybridized carbons (Fsp3) is 0.600. The highest BCUT2D eigenvalue weighted by Crippen LogP contribution is 2.48. The Kier molecular flexibility index (Phi) is 2.91. The van der Waals surface area contributed by atoms with Gasteiger partial charge in [0.25, 0.3) is 0 Å². The minimum atomic E-state index is 0.160. The third kappa shape index (κ3) is 2.02. The molecule has 6 heteroatoms. The number of methoxy groups -OCH3 is 1. The number of ether oxygens (including phenoxy) is 1. The highest BCUT2D eigenvalue weighted by atomic mass is 35.5. The maximum Gasteiger partial charge on any atom is 0.220 e. The summed E-state index contributed by atoms with van der Waals surface area (Å²) in [6.07, 6.45) is 2.75. The highest BCUT2D eigenvalue weighted by molar-refractivity contribution is 6.29. The van der Waals surface area contributed by atoms with Gasteiger partial charge in [-0.15, -0.1) is 0 Å². The molecule has 1 spiro atoms. The fourth-order valence-electron chi connectivity index (χ4n) is 4.08. The van der Waals surface area contributed by atoms with Crippen LogP contribution in [0.1, 0.15) is 30.0 Å². The van der Waals surface area contributed by atoms with Crippen molar-refractivity contribution in [2.45, 2.75) is 25.3 Å². The maximum atomic E-state index is 11.4. The molecule has 21 heavy (non-hydrogen) atoms. The second-order valence-corrected chi connectivity index (χ2v) is 6.83. The average molecular weight is 308 g/mol. The molecular formula is C15H18ClN3O2. The van der Waals surface area contributed by atoms with E-state index in [1.54, 1.807) is 7.11 Å². The smallest absolute Gasteiger partial charge is 0.220 e. The molecule has 4 rings (SSSR count). The summed E-state index contributed by atoms with van der Waals surface area (Å²) in [7, 11) is 1.64. The number of carbonyl (C=O) groups excluding carboxylic acids is 1. The molecule has 0 unspecified atom stereocenters. The van der Waals surface area contributed by atoms with Crippen molar-refractivity contribution in [1.29, 1.82) is 0 Å². The molecule has 2 fully saturated rings. The van der Waals surface area contributed by atoms with Gasteiger partial charge in [-0.2, -0.15) is 0 Å². The van der Waals surface area contributed by atoms with Gasteiger partial charge in [-0.05, 0) is 24.5 Å². The van der Waals surface area contributed by atoms with Crippen LogP contribution in [0.4, 0.5) is 0 Å². The van der Waals surface area contributed by atoms with Gasteiger partial charge in [0.15, 0.2) is 0 Å². The molecule has 1 aromatic heterocycles. The molecule has 1 aliphatic carbocycles. The first kappa shape index (κ1) is 13.3. The molecule has 1 aromatic rings. The number of hydrogen-bond donors (Lipinski definition) is 1. The number of aromatic nitrogens is 1. The first-order chi connectivity index (χ1) is 10.1. The Bertz CT molecular complexity index is 613. The monoisotopic (exact) mass is 307 g/mol. The van der Waals surface area contributed by atoms with Crippen molar-refractivity contribution >= 4 is 17.5 Å². The van der Waals surface area contributed by atoms with Crippen LogP contribution in [-0.2, 0) is 11.2 Å². The summed E-state index contributed by atoms with van der Waals surface area (Å²) in [5.74, 6) is 0.842. The van der Waals surface area contributed by atoms with Gasteiger partial charge >= 0.3 is 0 Å². The number of likely N-dealkylation sites (tertiary alicyclic amines) is 1. The van der Waals surface area contributed by atoms with E-state index in [1.807, 2.05) is 6.07 Å². The normalized spacial score (nSPS) is 26.6. The van der Waals surface area contributed by atoms with Gasteiger partial charge < -0.3 is 10.1 Å². The molecule has 0 aromatic carbocycles. The summed E-state index contributed by atoms with van der Waals surface area (Å²) in [6, 6.07) is 2.30. The first-order valence-corrected chi connectivity index (χ1v) is 7.72. The predicted molar refractivity (Wildman–Crippen MR) is 78.5 cm³/mol. The van der Waals surface area contributed by atoms with E-state index >= 15 is 0 Å². The van der Waals surface area contributed by atoms with Gasteiger partial charge in [0.2, 0.25) is 11.8 Å². The number of hydrogen-bond acceptors (Lipinski definition) is 4. The lowest BCUT2D eigenvalue weighted by molar-refractivity contribution is -0.121. The second kappa shape index (κ2) is 4.58. The zero-order chi connectivity index (χ0) is 14.6. The lowest BCUT2D eigenvalue weighted by Crippen LogP contribution is -2.58. The molecule has 1 atom stereocenters. The van der Waals surface area contributed by atoms with Crippen LogP contribution < -0.4 is 10.1 Å². The van der Waals surface area contributed by atoms with E-state index < -0.39 is 0 Å². The lowest BCUT2D eigenvalue weighted by Gasteiger charge is -2.50. The standard InChI is InChI=1S/C15H18ClN3O2/c1-21-14-13-9(4-11(16)18-14)2-3-10(13)19-7-15(8-19)5-12(20)17-6-15/h4,10H,2-3,5-8H2,1H3,(H,17,20)/t10-/m1/s1. The van der Waals surface area contributed by atoms with Gasteiger partial charge in [0.1, 0.15) is 5.15 Å². The zero-order valence-electron chi connectivity index (χ0n) is 12.0. The van der Waals surface area contributed by atoms with E-state index in [-0.39, 0.29) is 11.3 Å². The Balaban J connectivity index is 1.57. The van der Waals surface area contributed by atoms with Crippen molar-refractivity contribution in [2.75, 3.05) is 26.7 Å². The van der Waals surface area contributed by atoms with Crippen LogP contribution in [0, 0.1) is 5.41 Å². The van der Waals surface area contributed by atoms with Crippen molar-refractivity contribution in [3.05, 3.63) is 22.3 Å². The number of nitrogens with one attached hydrogen (secondary N) is 1. The summed E-state index contributed by atoms with van der Waals surface area (Å²) < 4.78 is 5.43. The SMILES string of the molecule is COc1nc(Cl)cc2c1[C@H](N1CC3(CNC(=O)C3)C1)CC2. The topological polar surface area (TPSA) is 54.5 Å². The molecule has 0 bridgehead atoms. The Morgan fingerprint density at radius 1 is 1.52 bits per heavy atom. The van der Waals surface area contributed by atoms with Gasteiger partial charge in [0.05, 0.1) is 7.11 Å². The van der Waals surface area contributed by atoms with Crippen LogP contribution in [0.3, 0.4) is 0 Å². The number of halogens is 1. The van der Waals surface area contributed by atoms with Crippen LogP contribution in [0.15, 0.2) is 6.07 Å². The Morgan fingerprint density at radius 3 is 3.00 bits per heavy atom. The number of amides is 1. The Morgan fingerprint density at radius 2 is 2.33 bits per heavy atom. The summed E-state index contributed by atoms with van der Waals surface area (Å²) in [5.41, 5.74) is 2.60. The fourth-order valence-corrected chi connectivity index (χ4v) is 4.29. The van der Waals surface area contributed by atoms with Crippen LogP contribution in [0.5, 0.6) is 5.88 Å². The minimum absolute atomic E-state index is 0.160. The number of pyridine rings is 1. The Hall–Kier alpha value is -1.33. The summed E-state index contributed by atoms with van der Waals surface area (Å²) >= 11 is 6.05. The van der Waals surface area contributed by atoms with Crippen LogP contribution in [0.25, 0.3) is 0 Å². The average Bonchev–Trinajstić information content (AvgIpc) is 2.99. The third-order valence-electron chi connectivity index (χ3n) is 5.01. The van der Waals surface area contributed by atoms with Crippen molar-refractivity contribution in [1.82, 2.24) is 15.2 Å². The van der Waals surface area contributed by atoms with Gasteiger partial charge in [0, 0.05) is 43.1 Å². The maximum absolute atomic E-state index is 11.4. The van der Waals surface area contributed by atoms with Gasteiger partial charge in [-0.25, -0.2) is 4.98 Å². The number of nitrogens with zero attached hydrogens (tertiary/aromatic N) is 2. The zero-order valence-corrected chi connectivity index (χ0v) is 12.7. The summed E-state index contributed by atoms with van der Waals surface area (Å²) in [4.78, 5) is 18.2. The molecule has 5 nitrogen and oxygen atoms in total.